The number of carbonyl (C=O) groups is 1. The van der Waals surface area contributed by atoms with Gasteiger partial charge in [-0.1, -0.05) is 48.5 Å². The van der Waals surface area contributed by atoms with Crippen molar-refractivity contribution < 1.29 is 9.18 Å². The maximum absolute atomic E-state index is 13.7. The number of hydrogen-bond acceptors (Lipinski definition) is 2. The van der Waals surface area contributed by atoms with E-state index in [0.29, 0.717) is 5.56 Å². The van der Waals surface area contributed by atoms with Gasteiger partial charge in [0.2, 0.25) is 5.91 Å². The van der Waals surface area contributed by atoms with Crippen molar-refractivity contribution in [1.29, 1.82) is 0 Å². The Hall–Kier alpha value is -2.20. The van der Waals surface area contributed by atoms with Gasteiger partial charge in [-0.15, -0.1) is 0 Å². The topological polar surface area (TPSA) is 32.3 Å². The highest BCUT2D eigenvalue weighted by atomic mass is 19.1. The fourth-order valence-electron chi connectivity index (χ4n) is 3.20. The number of nitrogens with zero attached hydrogens (tertiary/aromatic N) is 1. The minimum absolute atomic E-state index is 0.0655. The summed E-state index contributed by atoms with van der Waals surface area (Å²) in [5, 5.41) is 3.09. The van der Waals surface area contributed by atoms with Crippen LogP contribution in [0.25, 0.3) is 0 Å². The molecular weight excluding hydrogens is 303 g/mol. The van der Waals surface area contributed by atoms with E-state index in [4.69, 9.17) is 0 Å². The average Bonchev–Trinajstić information content (AvgIpc) is 3.10. The van der Waals surface area contributed by atoms with E-state index in [1.807, 2.05) is 30.3 Å². The van der Waals surface area contributed by atoms with E-state index in [1.165, 1.54) is 18.9 Å². The van der Waals surface area contributed by atoms with Crippen LogP contribution in [-0.2, 0) is 11.2 Å². The number of nitrogens with one attached hydrogen (secondary N) is 1. The van der Waals surface area contributed by atoms with Crippen LogP contribution >= 0.6 is 0 Å². The zero-order valence-corrected chi connectivity index (χ0v) is 13.7. The van der Waals surface area contributed by atoms with E-state index < -0.39 is 0 Å². The Kier molecular flexibility index (Phi) is 5.59. The molecule has 4 heteroatoms. The first-order valence-electron chi connectivity index (χ1n) is 8.52. The minimum Gasteiger partial charge on any atom is -0.348 e. The SMILES string of the molecule is O=C(Cc1ccccc1F)NC(CN1CCCC1)c1ccccc1. The van der Waals surface area contributed by atoms with E-state index >= 15 is 0 Å². The minimum atomic E-state index is -0.330. The van der Waals surface area contributed by atoms with Crippen molar-refractivity contribution in [3.63, 3.8) is 0 Å². The maximum atomic E-state index is 13.7. The highest BCUT2D eigenvalue weighted by Gasteiger charge is 2.21. The number of amides is 1. The largest absolute Gasteiger partial charge is 0.348 e. The number of rotatable bonds is 6. The van der Waals surface area contributed by atoms with Crippen molar-refractivity contribution >= 4 is 5.91 Å². The Morgan fingerprint density at radius 2 is 1.71 bits per heavy atom. The fraction of sp³-hybridized carbons (Fsp3) is 0.350. The maximum Gasteiger partial charge on any atom is 0.225 e. The molecule has 0 spiro atoms. The first-order valence-corrected chi connectivity index (χ1v) is 8.52. The second-order valence-corrected chi connectivity index (χ2v) is 6.31. The first-order chi connectivity index (χ1) is 11.7. The predicted octanol–water partition coefficient (Wildman–Crippen LogP) is 3.32. The summed E-state index contributed by atoms with van der Waals surface area (Å²) < 4.78 is 13.7. The molecule has 2 aromatic carbocycles. The van der Waals surface area contributed by atoms with Crippen LogP contribution in [0.15, 0.2) is 54.6 Å². The quantitative estimate of drug-likeness (QED) is 0.883. The van der Waals surface area contributed by atoms with E-state index in [9.17, 15) is 9.18 Å². The van der Waals surface area contributed by atoms with Crippen molar-refractivity contribution in [2.24, 2.45) is 0 Å². The van der Waals surface area contributed by atoms with Crippen LogP contribution in [-0.4, -0.2) is 30.4 Å². The molecule has 1 amide bonds. The molecular formula is C20H23FN2O. The Balaban J connectivity index is 1.68. The molecule has 0 aliphatic carbocycles. The average molecular weight is 326 g/mol. The highest BCUT2D eigenvalue weighted by Crippen LogP contribution is 2.18. The molecule has 1 N–H and O–H groups in total. The van der Waals surface area contributed by atoms with Crippen LogP contribution in [0, 0.1) is 5.82 Å². The lowest BCUT2D eigenvalue weighted by molar-refractivity contribution is -0.121. The summed E-state index contributed by atoms with van der Waals surface area (Å²) in [7, 11) is 0. The van der Waals surface area contributed by atoms with Gasteiger partial charge >= 0.3 is 0 Å². The van der Waals surface area contributed by atoms with E-state index in [-0.39, 0.29) is 24.2 Å². The Bertz CT molecular complexity index is 668. The van der Waals surface area contributed by atoms with Gasteiger partial charge in [0.1, 0.15) is 5.82 Å². The third kappa shape index (κ3) is 4.42. The molecule has 126 valence electrons. The molecule has 1 heterocycles. The monoisotopic (exact) mass is 326 g/mol. The lowest BCUT2D eigenvalue weighted by Gasteiger charge is -2.25. The summed E-state index contributed by atoms with van der Waals surface area (Å²) in [5.74, 6) is -0.475. The Morgan fingerprint density at radius 3 is 2.42 bits per heavy atom. The first kappa shape index (κ1) is 16.7. The molecule has 0 aromatic heterocycles. The summed E-state index contributed by atoms with van der Waals surface area (Å²) in [5.41, 5.74) is 1.52. The van der Waals surface area contributed by atoms with Crippen LogP contribution in [0.2, 0.25) is 0 Å². The van der Waals surface area contributed by atoms with Gasteiger partial charge < -0.3 is 10.2 Å². The Labute approximate surface area is 142 Å². The molecule has 0 bridgehead atoms. The molecule has 0 radical (unpaired) electrons. The van der Waals surface area contributed by atoms with Gasteiger partial charge in [0.05, 0.1) is 12.5 Å². The Morgan fingerprint density at radius 1 is 1.04 bits per heavy atom. The van der Waals surface area contributed by atoms with Crippen molar-refractivity contribution in [2.75, 3.05) is 19.6 Å². The second kappa shape index (κ2) is 8.06. The fourth-order valence-corrected chi connectivity index (χ4v) is 3.20. The van der Waals surface area contributed by atoms with Gasteiger partial charge in [-0.05, 0) is 43.1 Å². The summed E-state index contributed by atoms with van der Waals surface area (Å²) in [6.45, 7) is 2.95. The van der Waals surface area contributed by atoms with Crippen LogP contribution in [0.5, 0.6) is 0 Å². The smallest absolute Gasteiger partial charge is 0.225 e. The van der Waals surface area contributed by atoms with Gasteiger partial charge in [-0.2, -0.15) is 0 Å². The summed E-state index contributed by atoms with van der Waals surface area (Å²) in [6, 6.07) is 16.4. The van der Waals surface area contributed by atoms with Crippen LogP contribution in [0.3, 0.4) is 0 Å². The third-order valence-corrected chi connectivity index (χ3v) is 4.49. The lowest BCUT2D eigenvalue weighted by atomic mass is 10.1. The van der Waals surface area contributed by atoms with Gasteiger partial charge in [0.15, 0.2) is 0 Å². The molecule has 1 atom stereocenters. The summed E-state index contributed by atoms with van der Waals surface area (Å²) >= 11 is 0. The van der Waals surface area contributed by atoms with E-state index in [0.717, 1.165) is 25.2 Å². The van der Waals surface area contributed by atoms with E-state index in [1.54, 1.807) is 18.2 Å². The molecule has 1 aliphatic rings. The van der Waals surface area contributed by atoms with Crippen molar-refractivity contribution in [3.8, 4) is 0 Å². The number of likely N-dealkylation sites (tertiary alicyclic amines) is 1. The van der Waals surface area contributed by atoms with Crippen molar-refractivity contribution in [3.05, 3.63) is 71.5 Å². The second-order valence-electron chi connectivity index (χ2n) is 6.31. The zero-order valence-electron chi connectivity index (χ0n) is 13.7. The van der Waals surface area contributed by atoms with Crippen LogP contribution in [0.1, 0.15) is 30.0 Å². The molecule has 3 nitrogen and oxygen atoms in total. The summed E-state index contributed by atoms with van der Waals surface area (Å²) in [6.07, 6.45) is 2.49. The zero-order chi connectivity index (χ0) is 16.8. The number of benzene rings is 2. The van der Waals surface area contributed by atoms with Crippen molar-refractivity contribution in [1.82, 2.24) is 10.2 Å². The molecule has 0 saturated carbocycles. The van der Waals surface area contributed by atoms with Gasteiger partial charge in [-0.3, -0.25) is 4.79 Å². The number of halogens is 1. The molecule has 24 heavy (non-hydrogen) atoms. The molecule has 1 saturated heterocycles. The molecule has 1 fully saturated rings. The van der Waals surface area contributed by atoms with Gasteiger partial charge in [0.25, 0.3) is 0 Å². The van der Waals surface area contributed by atoms with Gasteiger partial charge in [0, 0.05) is 6.54 Å². The van der Waals surface area contributed by atoms with E-state index in [2.05, 4.69) is 10.2 Å². The van der Waals surface area contributed by atoms with Gasteiger partial charge in [-0.25, -0.2) is 4.39 Å². The predicted molar refractivity (Wildman–Crippen MR) is 93.1 cm³/mol. The lowest BCUT2D eigenvalue weighted by Crippen LogP contribution is -2.37. The molecule has 2 aromatic rings. The molecule has 1 unspecified atom stereocenters. The van der Waals surface area contributed by atoms with Crippen molar-refractivity contribution in [2.45, 2.75) is 25.3 Å². The number of carbonyl (C=O) groups excluding carboxylic acids is 1. The van der Waals surface area contributed by atoms with Crippen LogP contribution in [0.4, 0.5) is 4.39 Å². The van der Waals surface area contributed by atoms with Crippen LogP contribution < -0.4 is 5.32 Å². The highest BCUT2D eigenvalue weighted by molar-refractivity contribution is 5.79. The normalized spacial score (nSPS) is 16.0. The number of hydrogen-bond donors (Lipinski definition) is 1. The standard InChI is InChI=1S/C20H23FN2O/c21-18-11-5-4-10-17(18)14-20(24)22-19(15-23-12-6-7-13-23)16-8-2-1-3-9-16/h1-5,8-11,19H,6-7,12-15H2,(H,22,24). The third-order valence-electron chi connectivity index (χ3n) is 4.49. The summed E-state index contributed by atoms with van der Waals surface area (Å²) in [4.78, 5) is 14.8. The molecule has 1 aliphatic heterocycles. The molecule has 3 rings (SSSR count).